The summed E-state index contributed by atoms with van der Waals surface area (Å²) in [6, 6.07) is 2.18. The lowest BCUT2D eigenvalue weighted by molar-refractivity contribution is -0.276. The van der Waals surface area contributed by atoms with E-state index in [9.17, 15) is 22.4 Å². The maximum Gasteiger partial charge on any atom is 0.574 e. The van der Waals surface area contributed by atoms with E-state index in [0.29, 0.717) is 0 Å². The number of nitrogens with zero attached hydrogens (tertiary/aromatic N) is 3. The molecule has 0 unspecified atom stereocenters. The van der Waals surface area contributed by atoms with Crippen LogP contribution in [0.2, 0.25) is 0 Å². The Balaban J connectivity index is 1.52. The van der Waals surface area contributed by atoms with Gasteiger partial charge in [0.2, 0.25) is 11.8 Å². The molecule has 12 heteroatoms. The van der Waals surface area contributed by atoms with Gasteiger partial charge in [0.1, 0.15) is 12.0 Å². The molecule has 0 radical (unpaired) electrons. The highest BCUT2D eigenvalue weighted by Crippen LogP contribution is 2.26. The van der Waals surface area contributed by atoms with E-state index < -0.39 is 30.4 Å². The van der Waals surface area contributed by atoms with Gasteiger partial charge in [0.05, 0.1) is 25.9 Å². The van der Waals surface area contributed by atoms with E-state index in [0.717, 1.165) is 18.5 Å². The van der Waals surface area contributed by atoms with Crippen LogP contribution in [-0.4, -0.2) is 57.6 Å². The molecule has 0 aliphatic carbocycles. The van der Waals surface area contributed by atoms with Gasteiger partial charge in [-0.25, -0.2) is 14.4 Å². The summed E-state index contributed by atoms with van der Waals surface area (Å²) in [6.45, 7) is -1.36. The van der Waals surface area contributed by atoms with Crippen LogP contribution in [0.3, 0.4) is 0 Å². The van der Waals surface area contributed by atoms with Crippen LogP contribution in [-0.2, 0) is 6.61 Å². The monoisotopic (exact) mass is 391 g/mol. The molecule has 8 nitrogen and oxygen atoms in total. The Bertz CT molecular complexity index is 803. The van der Waals surface area contributed by atoms with E-state index in [2.05, 4.69) is 14.7 Å². The lowest BCUT2D eigenvalue weighted by Crippen LogP contribution is -2.62. The van der Waals surface area contributed by atoms with E-state index in [4.69, 9.17) is 14.3 Å². The van der Waals surface area contributed by atoms with Crippen molar-refractivity contribution >= 4 is 5.91 Å². The van der Waals surface area contributed by atoms with Crippen LogP contribution in [0.5, 0.6) is 11.6 Å². The molecule has 1 N–H and O–H groups in total. The maximum atomic E-state index is 13.6. The summed E-state index contributed by atoms with van der Waals surface area (Å²) in [5, 5.41) is 8.84. The van der Waals surface area contributed by atoms with Crippen LogP contribution in [0.1, 0.15) is 16.4 Å². The molecule has 1 aliphatic rings. The van der Waals surface area contributed by atoms with Gasteiger partial charge in [-0.1, -0.05) is 0 Å². The molecule has 27 heavy (non-hydrogen) atoms. The average Bonchev–Trinajstić information content (AvgIpc) is 3.05. The minimum Gasteiger partial charge on any atom is -0.482 e. The second kappa shape index (κ2) is 7.02. The number of likely N-dealkylation sites (tertiary alicyclic amines) is 1. The van der Waals surface area contributed by atoms with Gasteiger partial charge in [0.15, 0.2) is 18.0 Å². The summed E-state index contributed by atoms with van der Waals surface area (Å²) in [4.78, 5) is 20.6. The highest BCUT2D eigenvalue weighted by atomic mass is 19.4. The number of carbonyl (C=O) groups is 1. The van der Waals surface area contributed by atoms with Gasteiger partial charge in [-0.05, 0) is 6.07 Å². The molecule has 1 saturated heterocycles. The van der Waals surface area contributed by atoms with Crippen molar-refractivity contribution in [2.75, 3.05) is 19.7 Å². The summed E-state index contributed by atoms with van der Waals surface area (Å²) >= 11 is 0. The number of carbonyl (C=O) groups excluding carboxylic acids is 1. The number of rotatable bonds is 6. The minimum absolute atomic E-state index is 0.0307. The second-order valence-corrected chi connectivity index (χ2v) is 5.77. The van der Waals surface area contributed by atoms with Crippen molar-refractivity contribution in [1.29, 1.82) is 0 Å². The molecule has 0 saturated carbocycles. The highest BCUT2D eigenvalue weighted by molar-refractivity contribution is 5.92. The molecule has 1 amide bonds. The molecule has 0 atom stereocenters. The smallest absolute Gasteiger partial charge is 0.482 e. The minimum atomic E-state index is -4.84. The van der Waals surface area contributed by atoms with Crippen molar-refractivity contribution in [2.24, 2.45) is 0 Å². The third-order valence-corrected chi connectivity index (χ3v) is 3.58. The quantitative estimate of drug-likeness (QED) is 0.749. The van der Waals surface area contributed by atoms with Crippen LogP contribution < -0.4 is 9.47 Å². The van der Waals surface area contributed by atoms with Crippen molar-refractivity contribution in [3.63, 3.8) is 0 Å². The Morgan fingerprint density at radius 1 is 1.37 bits per heavy atom. The van der Waals surface area contributed by atoms with Gasteiger partial charge >= 0.3 is 6.36 Å². The zero-order valence-corrected chi connectivity index (χ0v) is 13.6. The Morgan fingerprint density at radius 3 is 2.70 bits per heavy atom. The highest BCUT2D eigenvalue weighted by Gasteiger charge is 2.46. The predicted molar refractivity (Wildman–Crippen MR) is 78.6 cm³/mol. The predicted octanol–water partition coefficient (Wildman–Crippen LogP) is 1.70. The number of hydrogen-bond acceptors (Lipinski definition) is 7. The molecule has 2 aromatic heterocycles. The Labute approximate surface area is 149 Å². The molecule has 0 bridgehead atoms. The molecular weight excluding hydrogens is 378 g/mol. The SMILES string of the molecule is O=C(c1coc(COc2ccc(OC(F)(F)F)nc2)n1)N1CC(F)(CO)C1. The van der Waals surface area contributed by atoms with E-state index in [1.165, 1.54) is 11.0 Å². The number of aliphatic hydroxyl groups excluding tert-OH is 1. The number of amides is 1. The summed E-state index contributed by atoms with van der Waals surface area (Å²) in [7, 11) is 0. The number of alkyl halides is 4. The van der Waals surface area contributed by atoms with E-state index >= 15 is 0 Å². The first kappa shape index (κ1) is 18.9. The van der Waals surface area contributed by atoms with Gasteiger partial charge < -0.3 is 23.9 Å². The number of hydrogen-bond donors (Lipinski definition) is 1. The summed E-state index contributed by atoms with van der Waals surface area (Å²) in [6.07, 6.45) is -2.74. The lowest BCUT2D eigenvalue weighted by atomic mass is 9.97. The fraction of sp³-hybridized carbons (Fsp3) is 0.400. The molecule has 0 spiro atoms. The van der Waals surface area contributed by atoms with E-state index in [1.807, 2.05) is 0 Å². The van der Waals surface area contributed by atoms with E-state index in [1.54, 1.807) is 0 Å². The summed E-state index contributed by atoms with van der Waals surface area (Å²) in [5.74, 6) is -1.03. The topological polar surface area (TPSA) is 97.9 Å². The van der Waals surface area contributed by atoms with Gasteiger partial charge in [-0.3, -0.25) is 4.79 Å². The molecule has 2 aromatic rings. The van der Waals surface area contributed by atoms with Crippen molar-refractivity contribution in [3.05, 3.63) is 36.2 Å². The average molecular weight is 391 g/mol. The van der Waals surface area contributed by atoms with Crippen molar-refractivity contribution in [3.8, 4) is 11.6 Å². The van der Waals surface area contributed by atoms with Gasteiger partial charge in [0.25, 0.3) is 5.91 Å². The van der Waals surface area contributed by atoms with Crippen LogP contribution in [0.25, 0.3) is 0 Å². The van der Waals surface area contributed by atoms with Crippen LogP contribution in [0.15, 0.2) is 29.0 Å². The van der Waals surface area contributed by atoms with Gasteiger partial charge in [-0.2, -0.15) is 0 Å². The number of aliphatic hydroxyl groups is 1. The number of ether oxygens (including phenoxy) is 2. The number of aromatic nitrogens is 2. The molecule has 146 valence electrons. The number of pyridine rings is 1. The second-order valence-electron chi connectivity index (χ2n) is 5.77. The van der Waals surface area contributed by atoms with Gasteiger partial charge in [-0.15, -0.1) is 13.2 Å². The molecule has 1 fully saturated rings. The van der Waals surface area contributed by atoms with Crippen LogP contribution in [0.4, 0.5) is 17.6 Å². The van der Waals surface area contributed by atoms with Crippen molar-refractivity contribution in [2.45, 2.75) is 18.6 Å². The fourth-order valence-electron chi connectivity index (χ4n) is 2.29. The molecule has 1 aliphatic heterocycles. The molecule has 0 aromatic carbocycles. The lowest BCUT2D eigenvalue weighted by Gasteiger charge is -2.42. The van der Waals surface area contributed by atoms with Crippen LogP contribution in [0, 0.1) is 0 Å². The summed E-state index contributed by atoms with van der Waals surface area (Å²) < 4.78 is 63.7. The maximum absolute atomic E-state index is 13.6. The molecule has 3 heterocycles. The van der Waals surface area contributed by atoms with Crippen molar-refractivity contribution < 1.29 is 41.4 Å². The number of oxazole rings is 1. The third-order valence-electron chi connectivity index (χ3n) is 3.58. The zero-order valence-electron chi connectivity index (χ0n) is 13.6. The summed E-state index contributed by atoms with van der Waals surface area (Å²) in [5.41, 5.74) is -1.85. The first-order chi connectivity index (χ1) is 12.7. The first-order valence-corrected chi connectivity index (χ1v) is 7.55. The van der Waals surface area contributed by atoms with Crippen LogP contribution >= 0.6 is 0 Å². The molecule has 3 rings (SSSR count). The third kappa shape index (κ3) is 4.64. The molecular formula is C15H13F4N3O5. The van der Waals surface area contributed by atoms with Crippen molar-refractivity contribution in [1.82, 2.24) is 14.9 Å². The normalized spacial score (nSPS) is 16.0. The first-order valence-electron chi connectivity index (χ1n) is 7.55. The Morgan fingerprint density at radius 2 is 2.11 bits per heavy atom. The number of halogens is 4. The standard InChI is InChI=1S/C15H13F4N3O5/c16-14(8-23)6-22(7-14)13(24)10-4-26-12(21-10)5-25-9-1-2-11(20-3-9)27-15(17,18)19/h1-4,23H,5-8H2. The van der Waals surface area contributed by atoms with Gasteiger partial charge in [0, 0.05) is 6.07 Å². The fourth-order valence-corrected chi connectivity index (χ4v) is 2.29. The van der Waals surface area contributed by atoms with E-state index in [-0.39, 0.29) is 37.0 Å². The Kier molecular flexibility index (Phi) is 4.91. The largest absolute Gasteiger partial charge is 0.574 e. The zero-order chi connectivity index (χ0) is 19.7. The Hall–Kier alpha value is -2.89.